The Kier molecular flexibility index (Phi) is 7.07. The highest BCUT2D eigenvalue weighted by atomic mass is 32.1. The molecular formula is C24H22F2N8O3S. The van der Waals surface area contributed by atoms with Crippen molar-refractivity contribution in [3.8, 4) is 10.6 Å². The predicted molar refractivity (Wildman–Crippen MR) is 135 cm³/mol. The van der Waals surface area contributed by atoms with Crippen LogP contribution in [0.1, 0.15) is 6.42 Å². The minimum atomic E-state index is -1.18. The molecule has 1 unspecified atom stereocenters. The lowest BCUT2D eigenvalue weighted by Gasteiger charge is -2.22. The molecule has 0 bridgehead atoms. The van der Waals surface area contributed by atoms with E-state index in [4.69, 9.17) is 0 Å². The third kappa shape index (κ3) is 5.21. The van der Waals surface area contributed by atoms with Crippen LogP contribution >= 0.6 is 11.3 Å². The number of aliphatic hydroxyl groups excluding tert-OH is 1. The van der Waals surface area contributed by atoms with E-state index < -0.39 is 35.6 Å². The van der Waals surface area contributed by atoms with Crippen molar-refractivity contribution < 1.29 is 23.5 Å². The van der Waals surface area contributed by atoms with Gasteiger partial charge in [-0.3, -0.25) is 14.6 Å². The number of amides is 2. The number of pyridine rings is 2. The van der Waals surface area contributed by atoms with Gasteiger partial charge >= 0.3 is 0 Å². The summed E-state index contributed by atoms with van der Waals surface area (Å²) < 4.78 is 29.2. The van der Waals surface area contributed by atoms with Crippen molar-refractivity contribution in [2.24, 2.45) is 0 Å². The third-order valence-corrected chi connectivity index (χ3v) is 6.89. The van der Waals surface area contributed by atoms with E-state index in [2.05, 4.69) is 37.1 Å². The number of carbonyl (C=O) groups is 2. The van der Waals surface area contributed by atoms with Gasteiger partial charge in [0.2, 0.25) is 5.91 Å². The Bertz CT molecular complexity index is 1520. The van der Waals surface area contributed by atoms with Gasteiger partial charge in [0, 0.05) is 44.5 Å². The number of halogens is 2. The number of aromatic nitrogens is 5. The van der Waals surface area contributed by atoms with Gasteiger partial charge in [-0.15, -0.1) is 0 Å². The Hall–Kier alpha value is -4.30. The van der Waals surface area contributed by atoms with Gasteiger partial charge in [-0.05, 0) is 12.1 Å². The Morgan fingerprint density at radius 1 is 1.24 bits per heavy atom. The van der Waals surface area contributed by atoms with E-state index in [9.17, 15) is 23.5 Å². The largest absolute Gasteiger partial charge is 0.391 e. The maximum Gasteiger partial charge on any atom is 0.282 e. The molecule has 0 radical (unpaired) electrons. The summed E-state index contributed by atoms with van der Waals surface area (Å²) in [5.74, 6) is -2.63. The van der Waals surface area contributed by atoms with Gasteiger partial charge in [0.05, 0.1) is 29.0 Å². The minimum absolute atomic E-state index is 0.0189. The van der Waals surface area contributed by atoms with Crippen molar-refractivity contribution >= 4 is 45.1 Å². The summed E-state index contributed by atoms with van der Waals surface area (Å²) >= 11 is 1.23. The molecule has 1 saturated heterocycles. The highest BCUT2D eigenvalue weighted by Crippen LogP contribution is 2.31. The molecule has 0 saturated carbocycles. The lowest BCUT2D eigenvalue weighted by atomic mass is 10.2. The second kappa shape index (κ2) is 10.6. The average Bonchev–Trinajstić information content (AvgIpc) is 3.62. The van der Waals surface area contributed by atoms with Gasteiger partial charge in [0.15, 0.2) is 11.0 Å². The van der Waals surface area contributed by atoms with Gasteiger partial charge in [0.25, 0.3) is 5.91 Å². The van der Waals surface area contributed by atoms with Crippen LogP contribution in [-0.2, 0) is 16.1 Å². The number of rotatable bonds is 8. The van der Waals surface area contributed by atoms with E-state index in [1.165, 1.54) is 35.9 Å². The maximum absolute atomic E-state index is 14.0. The summed E-state index contributed by atoms with van der Waals surface area (Å²) in [6.07, 6.45) is 5.35. The SMILES string of the molecule is C=C(F)C(=O)N1C[C@H](O)CC1C(=O)NCCn1cnc2cnc(Nc3ncc(-c4ncccc4F)s3)cc21. The Labute approximate surface area is 218 Å². The molecular weight excluding hydrogens is 518 g/mol. The average molecular weight is 541 g/mol. The van der Waals surface area contributed by atoms with E-state index in [1.807, 2.05) is 4.57 Å². The van der Waals surface area contributed by atoms with Crippen LogP contribution in [0.25, 0.3) is 21.6 Å². The van der Waals surface area contributed by atoms with Crippen LogP contribution < -0.4 is 10.6 Å². The summed E-state index contributed by atoms with van der Waals surface area (Å²) in [5.41, 5.74) is 1.59. The van der Waals surface area contributed by atoms with Crippen LogP contribution in [0.4, 0.5) is 19.7 Å². The molecule has 3 N–H and O–H groups in total. The molecule has 11 nitrogen and oxygen atoms in total. The van der Waals surface area contributed by atoms with Crippen LogP contribution in [0.3, 0.4) is 0 Å². The van der Waals surface area contributed by atoms with Crippen LogP contribution in [0.15, 0.2) is 55.5 Å². The Morgan fingerprint density at radius 2 is 2.08 bits per heavy atom. The lowest BCUT2D eigenvalue weighted by molar-refractivity contribution is -0.136. The molecule has 5 rings (SSSR count). The van der Waals surface area contributed by atoms with Crippen molar-refractivity contribution in [1.29, 1.82) is 0 Å². The fourth-order valence-electron chi connectivity index (χ4n) is 4.19. The van der Waals surface area contributed by atoms with E-state index in [-0.39, 0.29) is 25.2 Å². The van der Waals surface area contributed by atoms with Crippen molar-refractivity contribution in [1.82, 2.24) is 34.7 Å². The molecule has 1 fully saturated rings. The lowest BCUT2D eigenvalue weighted by Crippen LogP contribution is -2.46. The second-order valence-electron chi connectivity index (χ2n) is 8.54. The first-order valence-electron chi connectivity index (χ1n) is 11.6. The predicted octanol–water partition coefficient (Wildman–Crippen LogP) is 2.39. The number of fused-ring (bicyclic) bond motifs is 1. The number of nitrogens with one attached hydrogen (secondary N) is 2. The van der Waals surface area contributed by atoms with Gasteiger partial charge in [0.1, 0.15) is 28.9 Å². The van der Waals surface area contributed by atoms with Crippen molar-refractivity contribution in [2.45, 2.75) is 25.1 Å². The molecule has 1 aliphatic heterocycles. The number of nitrogens with zero attached hydrogens (tertiary/aromatic N) is 6. The van der Waals surface area contributed by atoms with Crippen LogP contribution in [0.5, 0.6) is 0 Å². The van der Waals surface area contributed by atoms with Crippen LogP contribution in [-0.4, -0.2) is 71.6 Å². The van der Waals surface area contributed by atoms with E-state index in [0.717, 1.165) is 10.4 Å². The van der Waals surface area contributed by atoms with E-state index in [1.54, 1.807) is 18.6 Å². The molecule has 1 aliphatic rings. The summed E-state index contributed by atoms with van der Waals surface area (Å²) in [7, 11) is 0. The molecule has 196 valence electrons. The fourth-order valence-corrected chi connectivity index (χ4v) is 5.01. The van der Waals surface area contributed by atoms with Crippen molar-refractivity contribution in [3.63, 3.8) is 0 Å². The fraction of sp³-hybridized carbons (Fsp3) is 0.250. The monoisotopic (exact) mass is 540 g/mol. The molecule has 4 aromatic heterocycles. The maximum atomic E-state index is 14.0. The molecule has 0 aromatic carbocycles. The van der Waals surface area contributed by atoms with Gasteiger partial charge in [-0.1, -0.05) is 17.9 Å². The first-order valence-corrected chi connectivity index (χ1v) is 12.4. The van der Waals surface area contributed by atoms with Crippen molar-refractivity contribution in [2.75, 3.05) is 18.4 Å². The first kappa shape index (κ1) is 25.4. The number of β-amino-alcohol motifs (C(OH)–C–C–N with tert-alkyl or cyclic N) is 1. The standard InChI is InChI=1S/C24H22F2N8O3S/c1-13(25)23(37)34-11-14(35)7-18(34)22(36)28-5-6-33-12-31-16-9-29-20(8-17(16)33)32-24-30-10-19(38-24)21-15(26)3-2-4-27-21/h2-4,8-10,12,14,18,35H,1,5-7,11H2,(H,28,36)(H,29,30,32)/t14-,18?/m1/s1. The van der Waals surface area contributed by atoms with Crippen LogP contribution in [0.2, 0.25) is 0 Å². The van der Waals surface area contributed by atoms with Gasteiger partial charge < -0.3 is 25.2 Å². The smallest absolute Gasteiger partial charge is 0.282 e. The van der Waals surface area contributed by atoms with Crippen LogP contribution in [0, 0.1) is 5.82 Å². The van der Waals surface area contributed by atoms with Gasteiger partial charge in [-0.2, -0.15) is 0 Å². The number of likely N-dealkylation sites (tertiary alicyclic amines) is 1. The molecule has 5 heterocycles. The zero-order chi connectivity index (χ0) is 26.8. The summed E-state index contributed by atoms with van der Waals surface area (Å²) in [6.45, 7) is 3.40. The highest BCUT2D eigenvalue weighted by Gasteiger charge is 2.39. The van der Waals surface area contributed by atoms with Gasteiger partial charge in [-0.25, -0.2) is 23.7 Å². The zero-order valence-electron chi connectivity index (χ0n) is 19.8. The number of aliphatic hydroxyl groups is 1. The third-order valence-electron chi connectivity index (χ3n) is 5.97. The molecule has 2 atom stereocenters. The minimum Gasteiger partial charge on any atom is -0.391 e. The number of thiazole rings is 1. The first-order chi connectivity index (χ1) is 18.3. The summed E-state index contributed by atoms with van der Waals surface area (Å²) in [6, 6.07) is 3.65. The number of carbonyl (C=O) groups excluding carboxylic acids is 2. The Morgan fingerprint density at radius 3 is 2.87 bits per heavy atom. The molecule has 0 aliphatic carbocycles. The molecule has 0 spiro atoms. The molecule has 14 heteroatoms. The molecule has 38 heavy (non-hydrogen) atoms. The summed E-state index contributed by atoms with van der Waals surface area (Å²) in [4.78, 5) is 43.2. The molecule has 2 amide bonds. The topological polar surface area (TPSA) is 138 Å². The summed E-state index contributed by atoms with van der Waals surface area (Å²) in [5, 5.41) is 16.2. The van der Waals surface area contributed by atoms with E-state index in [0.29, 0.717) is 27.9 Å². The highest BCUT2D eigenvalue weighted by molar-refractivity contribution is 7.18. The Balaban J connectivity index is 1.23. The normalized spacial score (nSPS) is 17.1. The van der Waals surface area contributed by atoms with Crippen molar-refractivity contribution in [3.05, 3.63) is 61.3 Å². The number of hydrogen-bond acceptors (Lipinski definition) is 9. The number of anilines is 2. The molecule has 4 aromatic rings. The number of imidazole rings is 1. The second-order valence-corrected chi connectivity index (χ2v) is 9.57. The zero-order valence-corrected chi connectivity index (χ0v) is 20.7. The van der Waals surface area contributed by atoms with E-state index >= 15 is 0 Å². The quantitative estimate of drug-likeness (QED) is 0.290. The number of hydrogen-bond donors (Lipinski definition) is 3.